The van der Waals surface area contributed by atoms with Crippen LogP contribution in [0.15, 0.2) is 34.1 Å². The summed E-state index contributed by atoms with van der Waals surface area (Å²) in [4.78, 5) is 25.4. The van der Waals surface area contributed by atoms with Crippen LogP contribution in [0, 0.1) is 34.5 Å². The molecule has 0 radical (unpaired) electrons. The molecule has 2 aromatic rings. The molecule has 0 saturated heterocycles. The highest BCUT2D eigenvalue weighted by molar-refractivity contribution is 5.35. The van der Waals surface area contributed by atoms with Crippen LogP contribution >= 0.6 is 0 Å². The summed E-state index contributed by atoms with van der Waals surface area (Å²) in [6, 6.07) is 6.73. The van der Waals surface area contributed by atoms with Crippen molar-refractivity contribution < 1.29 is 4.74 Å². The second kappa shape index (κ2) is 14.2. The molecular formula is C28H38N4O3. The van der Waals surface area contributed by atoms with Crippen LogP contribution in [0.25, 0.3) is 0 Å². The number of pyridine rings is 2. The van der Waals surface area contributed by atoms with Crippen molar-refractivity contribution in [2.45, 2.75) is 92.2 Å². The van der Waals surface area contributed by atoms with Gasteiger partial charge in [0.15, 0.2) is 11.5 Å². The van der Waals surface area contributed by atoms with Gasteiger partial charge in [-0.25, -0.2) is 0 Å². The van der Waals surface area contributed by atoms with Crippen LogP contribution in [0.1, 0.15) is 90.4 Å². The Bertz CT molecular complexity index is 1080. The SMILES string of the molecule is CCCCC(CC)Cn1cc(Oc2cn(CC(CC)CCCC)c(C#N)cc2=O)c(=O)cc1C#N. The lowest BCUT2D eigenvalue weighted by Gasteiger charge is -2.20. The zero-order chi connectivity index (χ0) is 25.8. The van der Waals surface area contributed by atoms with E-state index in [2.05, 4.69) is 39.8 Å². The number of nitriles is 2. The van der Waals surface area contributed by atoms with Gasteiger partial charge in [-0.2, -0.15) is 10.5 Å². The summed E-state index contributed by atoms with van der Waals surface area (Å²) in [7, 11) is 0. The number of aromatic nitrogens is 2. The van der Waals surface area contributed by atoms with E-state index in [1.807, 2.05) is 0 Å². The molecule has 2 atom stereocenters. The van der Waals surface area contributed by atoms with Crippen LogP contribution in [0.3, 0.4) is 0 Å². The number of nitrogens with zero attached hydrogens (tertiary/aromatic N) is 4. The quantitative estimate of drug-likeness (QED) is 0.332. The van der Waals surface area contributed by atoms with E-state index in [1.165, 1.54) is 24.5 Å². The third-order valence-electron chi connectivity index (χ3n) is 6.63. The van der Waals surface area contributed by atoms with Gasteiger partial charge in [-0.3, -0.25) is 9.59 Å². The van der Waals surface area contributed by atoms with Gasteiger partial charge in [-0.05, 0) is 24.7 Å². The van der Waals surface area contributed by atoms with Crippen molar-refractivity contribution in [2.24, 2.45) is 11.8 Å². The summed E-state index contributed by atoms with van der Waals surface area (Å²) < 4.78 is 9.33. The molecule has 0 aromatic carbocycles. The van der Waals surface area contributed by atoms with Gasteiger partial charge in [-0.15, -0.1) is 0 Å². The molecule has 7 nitrogen and oxygen atoms in total. The minimum absolute atomic E-state index is 0.000673. The third-order valence-corrected chi connectivity index (χ3v) is 6.63. The normalized spacial score (nSPS) is 12.5. The molecule has 0 saturated carbocycles. The fourth-order valence-electron chi connectivity index (χ4n) is 4.26. The van der Waals surface area contributed by atoms with Crippen molar-refractivity contribution in [1.82, 2.24) is 9.13 Å². The lowest BCUT2D eigenvalue weighted by atomic mass is 9.99. The molecule has 0 aliphatic heterocycles. The van der Waals surface area contributed by atoms with E-state index in [9.17, 15) is 20.1 Å². The molecular weight excluding hydrogens is 440 g/mol. The number of hydrogen-bond donors (Lipinski definition) is 0. The molecule has 2 unspecified atom stereocenters. The summed E-state index contributed by atoms with van der Waals surface area (Å²) in [5.74, 6) is 0.749. The fourth-order valence-corrected chi connectivity index (χ4v) is 4.26. The maximum atomic E-state index is 12.7. The number of unbranched alkanes of at least 4 members (excludes halogenated alkanes) is 2. The van der Waals surface area contributed by atoms with Crippen molar-refractivity contribution >= 4 is 0 Å². The van der Waals surface area contributed by atoms with Crippen LogP contribution in [-0.4, -0.2) is 9.13 Å². The summed E-state index contributed by atoms with van der Waals surface area (Å²) in [6.07, 6.45) is 11.5. The molecule has 7 heteroatoms. The largest absolute Gasteiger partial charge is 0.446 e. The number of hydrogen-bond acceptors (Lipinski definition) is 5. The molecule has 2 aromatic heterocycles. The molecule has 0 aliphatic rings. The Labute approximate surface area is 208 Å². The molecule has 188 valence electrons. The highest BCUT2D eigenvalue weighted by Crippen LogP contribution is 2.21. The second-order valence-corrected chi connectivity index (χ2v) is 9.24. The predicted molar refractivity (Wildman–Crippen MR) is 138 cm³/mol. The van der Waals surface area contributed by atoms with Crippen molar-refractivity contribution in [3.63, 3.8) is 0 Å². The van der Waals surface area contributed by atoms with E-state index in [1.54, 1.807) is 9.13 Å². The zero-order valence-electron chi connectivity index (χ0n) is 21.5. The van der Waals surface area contributed by atoms with E-state index in [4.69, 9.17) is 4.74 Å². The van der Waals surface area contributed by atoms with Gasteiger partial charge in [-0.1, -0.05) is 66.2 Å². The summed E-state index contributed by atoms with van der Waals surface area (Å²) in [6.45, 7) is 9.74. The molecule has 35 heavy (non-hydrogen) atoms. The molecule has 0 N–H and O–H groups in total. The van der Waals surface area contributed by atoms with Crippen molar-refractivity contribution in [2.75, 3.05) is 0 Å². The Morgan fingerprint density at radius 1 is 0.771 bits per heavy atom. The highest BCUT2D eigenvalue weighted by atomic mass is 16.5. The standard InChI is InChI=1S/C28H38N4O3/c1-5-9-11-21(7-3)17-31-19-27(25(33)13-23(31)15-29)35-28-20-32(24(16-30)14-26(28)34)18-22(8-4)12-10-6-2/h13-14,19-22H,5-12,17-18H2,1-4H3. The van der Waals surface area contributed by atoms with Crippen LogP contribution < -0.4 is 15.6 Å². The van der Waals surface area contributed by atoms with E-state index in [0.717, 1.165) is 51.4 Å². The molecule has 0 bridgehead atoms. The Balaban J connectivity index is 2.41. The highest BCUT2D eigenvalue weighted by Gasteiger charge is 2.16. The maximum Gasteiger partial charge on any atom is 0.225 e. The smallest absolute Gasteiger partial charge is 0.225 e. The zero-order valence-corrected chi connectivity index (χ0v) is 21.5. The van der Waals surface area contributed by atoms with E-state index in [0.29, 0.717) is 24.9 Å². The van der Waals surface area contributed by atoms with Gasteiger partial charge in [0.1, 0.15) is 23.5 Å². The first-order chi connectivity index (χ1) is 16.9. The Hall–Kier alpha value is -3.32. The van der Waals surface area contributed by atoms with Gasteiger partial charge in [0.25, 0.3) is 0 Å². The monoisotopic (exact) mass is 478 g/mol. The Morgan fingerprint density at radius 2 is 1.17 bits per heavy atom. The molecule has 0 aliphatic carbocycles. The molecule has 2 rings (SSSR count). The Morgan fingerprint density at radius 3 is 1.49 bits per heavy atom. The van der Waals surface area contributed by atoms with E-state index in [-0.39, 0.29) is 22.9 Å². The van der Waals surface area contributed by atoms with Crippen molar-refractivity contribution in [3.8, 4) is 23.6 Å². The van der Waals surface area contributed by atoms with Crippen molar-refractivity contribution in [3.05, 3.63) is 56.4 Å². The van der Waals surface area contributed by atoms with Gasteiger partial charge in [0.05, 0.1) is 12.4 Å². The third kappa shape index (κ3) is 7.86. The maximum absolute atomic E-state index is 12.7. The topological polar surface area (TPSA) is 101 Å². The first kappa shape index (κ1) is 27.9. The fraction of sp³-hybridized carbons (Fsp3) is 0.571. The summed E-state index contributed by atoms with van der Waals surface area (Å²) in [5.41, 5.74) is -0.360. The lowest BCUT2D eigenvalue weighted by Crippen LogP contribution is -2.20. The average Bonchev–Trinajstić information content (AvgIpc) is 2.87. The van der Waals surface area contributed by atoms with E-state index < -0.39 is 10.9 Å². The van der Waals surface area contributed by atoms with Crippen LogP contribution in [0.2, 0.25) is 0 Å². The van der Waals surface area contributed by atoms with Gasteiger partial charge < -0.3 is 13.9 Å². The predicted octanol–water partition coefficient (Wildman–Crippen LogP) is 5.98. The van der Waals surface area contributed by atoms with E-state index >= 15 is 0 Å². The summed E-state index contributed by atoms with van der Waals surface area (Å²) >= 11 is 0. The minimum Gasteiger partial charge on any atom is -0.446 e. The van der Waals surface area contributed by atoms with Gasteiger partial charge in [0.2, 0.25) is 10.9 Å². The number of ether oxygens (including phenoxy) is 1. The van der Waals surface area contributed by atoms with Crippen molar-refractivity contribution in [1.29, 1.82) is 10.5 Å². The van der Waals surface area contributed by atoms with Crippen LogP contribution in [0.4, 0.5) is 0 Å². The first-order valence-electron chi connectivity index (χ1n) is 12.9. The van der Waals surface area contributed by atoms with Crippen LogP contribution in [0.5, 0.6) is 11.5 Å². The molecule has 0 spiro atoms. The second-order valence-electron chi connectivity index (χ2n) is 9.24. The summed E-state index contributed by atoms with van der Waals surface area (Å²) in [5, 5.41) is 19.1. The number of rotatable bonds is 14. The lowest BCUT2D eigenvalue weighted by molar-refractivity contribution is 0.377. The first-order valence-corrected chi connectivity index (χ1v) is 12.9. The average molecular weight is 479 g/mol. The molecule has 2 heterocycles. The van der Waals surface area contributed by atoms with Crippen LogP contribution in [-0.2, 0) is 13.1 Å². The van der Waals surface area contributed by atoms with Gasteiger partial charge >= 0.3 is 0 Å². The molecule has 0 fully saturated rings. The Kier molecular flexibility index (Phi) is 11.3. The molecule has 0 amide bonds. The van der Waals surface area contributed by atoms with Gasteiger partial charge in [0, 0.05) is 25.2 Å². The minimum atomic E-state index is -0.455.